The molecule has 1 amide bonds. The zero-order valence-corrected chi connectivity index (χ0v) is 15.9. The normalized spacial score (nSPS) is 10.7. The summed E-state index contributed by atoms with van der Waals surface area (Å²) in [7, 11) is 1.32. The molecular weight excluding hydrogens is 363 g/mol. The van der Waals surface area contributed by atoms with Gasteiger partial charge in [0.15, 0.2) is 5.75 Å². The van der Waals surface area contributed by atoms with Crippen LogP contribution in [0.5, 0.6) is 11.5 Å². The van der Waals surface area contributed by atoms with Gasteiger partial charge in [-0.25, -0.2) is 4.39 Å². The van der Waals surface area contributed by atoms with Gasteiger partial charge in [-0.15, -0.1) is 0 Å². The molecule has 28 heavy (non-hydrogen) atoms. The number of benzene rings is 2. The van der Waals surface area contributed by atoms with Crippen LogP contribution in [0.2, 0.25) is 0 Å². The topological polar surface area (TPSA) is 69.6 Å². The summed E-state index contributed by atoms with van der Waals surface area (Å²) in [5.41, 5.74) is 1.85. The number of carbonyl (C=O) groups is 2. The molecule has 0 radical (unpaired) electrons. The van der Waals surface area contributed by atoms with Gasteiger partial charge in [0, 0.05) is 17.5 Å². The Morgan fingerprint density at radius 2 is 1.86 bits per heavy atom. The van der Waals surface area contributed by atoms with Gasteiger partial charge >= 0.3 is 5.97 Å². The van der Waals surface area contributed by atoms with E-state index in [4.69, 9.17) is 9.47 Å². The van der Waals surface area contributed by atoms with Gasteiger partial charge in [0.25, 0.3) is 5.91 Å². The summed E-state index contributed by atoms with van der Waals surface area (Å²) in [5, 5.41) is 3.28. The van der Waals surface area contributed by atoms with Gasteiger partial charge in [-0.1, -0.05) is 0 Å². The molecule has 0 saturated heterocycles. The van der Waals surface area contributed by atoms with Crippen LogP contribution in [0.15, 0.2) is 42.5 Å². The van der Waals surface area contributed by atoms with Crippen molar-refractivity contribution >= 4 is 22.8 Å². The minimum Gasteiger partial charge on any atom is -0.468 e. The molecule has 0 bridgehead atoms. The van der Waals surface area contributed by atoms with Crippen LogP contribution in [0.4, 0.5) is 4.39 Å². The largest absolute Gasteiger partial charge is 0.468 e. The average molecular weight is 384 g/mol. The summed E-state index contributed by atoms with van der Waals surface area (Å²) in [5.74, 6) is -0.0370. The fourth-order valence-corrected chi connectivity index (χ4v) is 3.00. The fraction of sp³-hybridized carbons (Fsp3) is 0.238. The highest BCUT2D eigenvalue weighted by Gasteiger charge is 2.19. The summed E-state index contributed by atoms with van der Waals surface area (Å²) >= 11 is 0. The monoisotopic (exact) mass is 384 g/mol. The standard InChI is InChI=1S/C21H21FN2O4/c1-4-23-21(26)14-5-8-16(9-6-14)28-20-13(2)24(12-19(25)27-3)18-10-7-15(22)11-17(18)20/h5-11H,4,12H2,1-3H3,(H,23,26). The number of methoxy groups -OCH3 is 1. The van der Waals surface area contributed by atoms with Crippen molar-refractivity contribution in [2.45, 2.75) is 20.4 Å². The number of fused-ring (bicyclic) bond motifs is 1. The molecule has 3 aromatic rings. The Morgan fingerprint density at radius 1 is 1.14 bits per heavy atom. The average Bonchev–Trinajstić information content (AvgIpc) is 2.93. The number of carbonyl (C=O) groups excluding carboxylic acids is 2. The number of nitrogens with zero attached hydrogens (tertiary/aromatic N) is 1. The van der Waals surface area contributed by atoms with E-state index in [1.165, 1.54) is 19.2 Å². The van der Waals surface area contributed by atoms with E-state index in [2.05, 4.69) is 5.32 Å². The van der Waals surface area contributed by atoms with Crippen LogP contribution in [-0.2, 0) is 16.1 Å². The number of rotatable bonds is 6. The molecular formula is C21H21FN2O4. The van der Waals surface area contributed by atoms with E-state index in [1.807, 2.05) is 6.92 Å². The first-order valence-corrected chi connectivity index (χ1v) is 8.85. The number of hydrogen-bond acceptors (Lipinski definition) is 4. The fourth-order valence-electron chi connectivity index (χ4n) is 3.00. The highest BCUT2D eigenvalue weighted by Crippen LogP contribution is 2.36. The second-order valence-electron chi connectivity index (χ2n) is 6.22. The van der Waals surface area contributed by atoms with Crippen LogP contribution in [0, 0.1) is 12.7 Å². The third-order valence-electron chi connectivity index (χ3n) is 4.42. The molecule has 0 aliphatic rings. The first kappa shape index (κ1) is 19.4. The van der Waals surface area contributed by atoms with E-state index in [0.717, 1.165) is 0 Å². The maximum Gasteiger partial charge on any atom is 0.325 e. The van der Waals surface area contributed by atoms with E-state index in [-0.39, 0.29) is 12.5 Å². The van der Waals surface area contributed by atoms with Crippen molar-refractivity contribution in [2.24, 2.45) is 0 Å². The number of esters is 1. The Morgan fingerprint density at radius 3 is 2.50 bits per heavy atom. The lowest BCUT2D eigenvalue weighted by molar-refractivity contribution is -0.141. The zero-order chi connectivity index (χ0) is 20.3. The highest BCUT2D eigenvalue weighted by molar-refractivity contribution is 5.94. The lowest BCUT2D eigenvalue weighted by atomic mass is 10.2. The minimum absolute atomic E-state index is 0.00997. The molecule has 0 aliphatic carbocycles. The van der Waals surface area contributed by atoms with Crippen molar-refractivity contribution in [1.29, 1.82) is 0 Å². The van der Waals surface area contributed by atoms with Gasteiger partial charge < -0.3 is 19.4 Å². The summed E-state index contributed by atoms with van der Waals surface area (Å²) < 4.78 is 26.3. The van der Waals surface area contributed by atoms with Gasteiger partial charge in [0.1, 0.15) is 18.1 Å². The zero-order valence-electron chi connectivity index (χ0n) is 15.9. The Hall–Kier alpha value is -3.35. The van der Waals surface area contributed by atoms with Gasteiger partial charge in [0.05, 0.1) is 18.3 Å². The SMILES string of the molecule is CCNC(=O)c1ccc(Oc2c(C)n(CC(=O)OC)c3ccc(F)cc23)cc1. The molecule has 2 aromatic carbocycles. The number of hydrogen-bond donors (Lipinski definition) is 1. The molecule has 6 nitrogen and oxygen atoms in total. The van der Waals surface area contributed by atoms with Crippen molar-refractivity contribution in [1.82, 2.24) is 9.88 Å². The third-order valence-corrected chi connectivity index (χ3v) is 4.42. The Balaban J connectivity index is 1.98. The summed E-state index contributed by atoms with van der Waals surface area (Å²) in [4.78, 5) is 23.6. The van der Waals surface area contributed by atoms with Crippen molar-refractivity contribution in [3.05, 3.63) is 59.5 Å². The van der Waals surface area contributed by atoms with E-state index >= 15 is 0 Å². The van der Waals surface area contributed by atoms with Crippen LogP contribution in [0.3, 0.4) is 0 Å². The molecule has 1 aromatic heterocycles. The minimum atomic E-state index is -0.415. The van der Waals surface area contributed by atoms with E-state index in [1.54, 1.807) is 41.8 Å². The van der Waals surface area contributed by atoms with E-state index < -0.39 is 11.8 Å². The number of ether oxygens (including phenoxy) is 2. The molecule has 3 rings (SSSR count). The van der Waals surface area contributed by atoms with Crippen LogP contribution in [0.25, 0.3) is 10.9 Å². The van der Waals surface area contributed by atoms with Gasteiger partial charge in [-0.3, -0.25) is 9.59 Å². The van der Waals surface area contributed by atoms with Gasteiger partial charge in [-0.05, 0) is 56.3 Å². The van der Waals surface area contributed by atoms with Crippen LogP contribution >= 0.6 is 0 Å². The second kappa shape index (κ2) is 8.12. The molecule has 1 N–H and O–H groups in total. The molecule has 146 valence electrons. The van der Waals surface area contributed by atoms with Crippen molar-refractivity contribution in [3.8, 4) is 11.5 Å². The second-order valence-corrected chi connectivity index (χ2v) is 6.22. The van der Waals surface area contributed by atoms with Crippen molar-refractivity contribution in [2.75, 3.05) is 13.7 Å². The molecule has 0 spiro atoms. The number of amides is 1. The first-order valence-electron chi connectivity index (χ1n) is 8.85. The lowest BCUT2D eigenvalue weighted by Gasteiger charge is -2.09. The predicted octanol–water partition coefficient (Wildman–Crippen LogP) is 3.80. The third kappa shape index (κ3) is 3.83. The Kier molecular flexibility index (Phi) is 5.63. The van der Waals surface area contributed by atoms with Crippen LogP contribution < -0.4 is 10.1 Å². The molecule has 7 heteroatoms. The number of halogens is 1. The molecule has 0 saturated carbocycles. The van der Waals surface area contributed by atoms with Gasteiger partial charge in [0.2, 0.25) is 0 Å². The van der Waals surface area contributed by atoms with Crippen molar-refractivity contribution < 1.29 is 23.5 Å². The highest BCUT2D eigenvalue weighted by atomic mass is 19.1. The van der Waals surface area contributed by atoms with Crippen LogP contribution in [-0.4, -0.2) is 30.1 Å². The summed E-state index contributed by atoms with van der Waals surface area (Å²) in [6.45, 7) is 4.17. The molecule has 0 aliphatic heterocycles. The Labute approximate surface area is 161 Å². The molecule has 0 atom stereocenters. The quantitative estimate of drug-likeness (QED) is 0.657. The predicted molar refractivity (Wildman–Crippen MR) is 103 cm³/mol. The Bertz CT molecular complexity index is 1030. The molecule has 1 heterocycles. The molecule has 0 unspecified atom stereocenters. The maximum atomic E-state index is 13.8. The smallest absolute Gasteiger partial charge is 0.325 e. The maximum absolute atomic E-state index is 13.8. The number of nitrogens with one attached hydrogen (secondary N) is 1. The van der Waals surface area contributed by atoms with Gasteiger partial charge in [-0.2, -0.15) is 0 Å². The van der Waals surface area contributed by atoms with E-state index in [9.17, 15) is 14.0 Å². The molecule has 0 fully saturated rings. The first-order chi connectivity index (χ1) is 13.4. The number of aromatic nitrogens is 1. The summed E-state index contributed by atoms with van der Waals surface area (Å²) in [6, 6.07) is 11.0. The lowest BCUT2D eigenvalue weighted by Crippen LogP contribution is -2.22. The van der Waals surface area contributed by atoms with Crippen molar-refractivity contribution in [3.63, 3.8) is 0 Å². The van der Waals surface area contributed by atoms with Crippen LogP contribution in [0.1, 0.15) is 23.0 Å². The van der Waals surface area contributed by atoms with E-state index in [0.29, 0.717) is 40.2 Å². The summed E-state index contributed by atoms with van der Waals surface area (Å²) in [6.07, 6.45) is 0.